The summed E-state index contributed by atoms with van der Waals surface area (Å²) in [6, 6.07) is 11.5. The molecule has 0 bridgehead atoms. The van der Waals surface area contributed by atoms with E-state index in [9.17, 15) is 5.11 Å². The molecule has 2 rings (SSSR count). The van der Waals surface area contributed by atoms with E-state index in [1.807, 2.05) is 30.3 Å². The summed E-state index contributed by atoms with van der Waals surface area (Å²) < 4.78 is 0. The Morgan fingerprint density at radius 2 is 1.87 bits per heavy atom. The van der Waals surface area contributed by atoms with Crippen molar-refractivity contribution in [3.05, 3.63) is 42.0 Å². The van der Waals surface area contributed by atoms with Gasteiger partial charge in [-0.2, -0.15) is 0 Å². The molecule has 0 aliphatic carbocycles. The van der Waals surface area contributed by atoms with Gasteiger partial charge in [-0.1, -0.05) is 30.3 Å². The molecule has 2 aromatic rings. The Labute approximate surface area is 99.1 Å². The maximum Gasteiger partial charge on any atom is 2.00 e. The van der Waals surface area contributed by atoms with E-state index in [1.54, 1.807) is 19.3 Å². The monoisotopic (exact) mass is 248 g/mol. The summed E-state index contributed by atoms with van der Waals surface area (Å²) in [6.07, 6.45) is 1.68. The van der Waals surface area contributed by atoms with Crippen LogP contribution in [0.15, 0.2) is 41.4 Å². The zero-order chi connectivity index (χ0) is 9.97. The number of aromatic hydroxyl groups is 1. The van der Waals surface area contributed by atoms with Gasteiger partial charge in [0.1, 0.15) is 5.75 Å². The van der Waals surface area contributed by atoms with Gasteiger partial charge in [0.15, 0.2) is 0 Å². The van der Waals surface area contributed by atoms with Crippen LogP contribution in [0.4, 0.5) is 0 Å². The van der Waals surface area contributed by atoms with E-state index in [1.165, 1.54) is 0 Å². The second-order valence-corrected chi connectivity index (χ2v) is 3.11. The van der Waals surface area contributed by atoms with E-state index in [0.29, 0.717) is 0 Å². The van der Waals surface area contributed by atoms with Gasteiger partial charge in [-0.3, -0.25) is 4.99 Å². The van der Waals surface area contributed by atoms with Crippen molar-refractivity contribution >= 4 is 17.0 Å². The SMILES string of the molecule is CN=Cc1c(O)ccc2ccccc12.[Cu+2]. The fourth-order valence-electron chi connectivity index (χ4n) is 1.55. The van der Waals surface area contributed by atoms with Crippen molar-refractivity contribution in [2.24, 2.45) is 4.99 Å². The molecule has 0 aliphatic rings. The number of rotatable bonds is 1. The van der Waals surface area contributed by atoms with Crippen LogP contribution in [0.5, 0.6) is 5.75 Å². The Kier molecular flexibility index (Phi) is 3.89. The van der Waals surface area contributed by atoms with Gasteiger partial charge >= 0.3 is 17.1 Å². The number of hydrogen-bond donors (Lipinski definition) is 1. The van der Waals surface area contributed by atoms with Gasteiger partial charge in [0, 0.05) is 18.8 Å². The van der Waals surface area contributed by atoms with Crippen molar-refractivity contribution in [2.75, 3.05) is 7.05 Å². The number of hydrogen-bond acceptors (Lipinski definition) is 2. The van der Waals surface area contributed by atoms with E-state index in [4.69, 9.17) is 0 Å². The molecule has 1 radical (unpaired) electrons. The zero-order valence-electron chi connectivity index (χ0n) is 8.24. The molecule has 0 aromatic heterocycles. The summed E-state index contributed by atoms with van der Waals surface area (Å²) in [4.78, 5) is 3.93. The van der Waals surface area contributed by atoms with E-state index in [-0.39, 0.29) is 22.8 Å². The standard InChI is InChI=1S/C12H11NO.Cu/c1-13-8-11-10-5-3-2-4-9(10)6-7-12(11)14;/h2-8,14H,1H3;/q;+2. The molecule has 1 N–H and O–H groups in total. The Balaban J connectivity index is 0.00000112. The van der Waals surface area contributed by atoms with Gasteiger partial charge in [0.2, 0.25) is 0 Å². The number of aliphatic imine (C=N–C) groups is 1. The fourth-order valence-corrected chi connectivity index (χ4v) is 1.55. The van der Waals surface area contributed by atoms with Crippen LogP contribution in [0.3, 0.4) is 0 Å². The molecular weight excluding hydrogens is 238 g/mol. The van der Waals surface area contributed by atoms with Crippen molar-refractivity contribution in [3.8, 4) is 5.75 Å². The molecule has 2 aromatic carbocycles. The minimum atomic E-state index is 0. The van der Waals surface area contributed by atoms with Crippen LogP contribution in [-0.2, 0) is 17.1 Å². The van der Waals surface area contributed by atoms with Gasteiger partial charge in [-0.25, -0.2) is 0 Å². The van der Waals surface area contributed by atoms with Gasteiger partial charge in [-0.15, -0.1) is 0 Å². The minimum Gasteiger partial charge on any atom is -0.507 e. The quantitative estimate of drug-likeness (QED) is 0.611. The normalized spacial score (nSPS) is 10.5. The summed E-state index contributed by atoms with van der Waals surface area (Å²) in [5, 5.41) is 11.8. The molecule has 79 valence electrons. The summed E-state index contributed by atoms with van der Waals surface area (Å²) in [7, 11) is 1.70. The van der Waals surface area contributed by atoms with Crippen LogP contribution < -0.4 is 0 Å². The van der Waals surface area contributed by atoms with E-state index < -0.39 is 0 Å². The Hall–Kier alpha value is -1.31. The van der Waals surface area contributed by atoms with Crippen molar-refractivity contribution in [1.29, 1.82) is 0 Å². The molecule has 0 spiro atoms. The second-order valence-electron chi connectivity index (χ2n) is 3.11. The smallest absolute Gasteiger partial charge is 0.507 e. The van der Waals surface area contributed by atoms with E-state index in [2.05, 4.69) is 4.99 Å². The second kappa shape index (κ2) is 4.96. The topological polar surface area (TPSA) is 32.6 Å². The van der Waals surface area contributed by atoms with E-state index >= 15 is 0 Å². The fraction of sp³-hybridized carbons (Fsp3) is 0.0833. The molecule has 0 aliphatic heterocycles. The maximum atomic E-state index is 9.65. The van der Waals surface area contributed by atoms with Gasteiger partial charge in [-0.05, 0) is 16.8 Å². The van der Waals surface area contributed by atoms with Crippen molar-refractivity contribution in [1.82, 2.24) is 0 Å². The molecule has 2 nitrogen and oxygen atoms in total. The maximum absolute atomic E-state index is 9.65. The predicted octanol–water partition coefficient (Wildman–Crippen LogP) is 2.59. The van der Waals surface area contributed by atoms with Crippen molar-refractivity contribution in [2.45, 2.75) is 0 Å². The van der Waals surface area contributed by atoms with Crippen molar-refractivity contribution in [3.63, 3.8) is 0 Å². The third-order valence-electron chi connectivity index (χ3n) is 2.21. The molecule has 15 heavy (non-hydrogen) atoms. The van der Waals surface area contributed by atoms with Gasteiger partial charge in [0.05, 0.1) is 0 Å². The average Bonchev–Trinajstić information content (AvgIpc) is 2.23. The van der Waals surface area contributed by atoms with Crippen LogP contribution in [0.2, 0.25) is 0 Å². The molecular formula is C12H11CuNO+2. The van der Waals surface area contributed by atoms with Crippen LogP contribution >= 0.6 is 0 Å². The molecule has 0 amide bonds. The number of nitrogens with zero attached hydrogens (tertiary/aromatic N) is 1. The number of benzene rings is 2. The van der Waals surface area contributed by atoms with Crippen molar-refractivity contribution < 1.29 is 22.2 Å². The molecule has 0 unspecified atom stereocenters. The summed E-state index contributed by atoms with van der Waals surface area (Å²) >= 11 is 0. The Morgan fingerprint density at radius 1 is 1.13 bits per heavy atom. The Bertz CT molecular complexity index is 494. The number of fused-ring (bicyclic) bond motifs is 1. The number of phenols is 1. The minimum absolute atomic E-state index is 0. The molecule has 0 saturated carbocycles. The summed E-state index contributed by atoms with van der Waals surface area (Å²) in [5.41, 5.74) is 0.783. The first-order chi connectivity index (χ1) is 6.83. The van der Waals surface area contributed by atoms with Crippen LogP contribution in [-0.4, -0.2) is 18.4 Å². The summed E-state index contributed by atoms with van der Waals surface area (Å²) in [6.45, 7) is 0. The zero-order valence-corrected chi connectivity index (χ0v) is 9.18. The molecule has 3 heteroatoms. The average molecular weight is 249 g/mol. The predicted molar refractivity (Wildman–Crippen MR) is 59.1 cm³/mol. The molecule has 0 heterocycles. The first-order valence-corrected chi connectivity index (χ1v) is 4.46. The van der Waals surface area contributed by atoms with Gasteiger partial charge < -0.3 is 5.11 Å². The first-order valence-electron chi connectivity index (χ1n) is 4.46. The Morgan fingerprint density at radius 3 is 2.60 bits per heavy atom. The van der Waals surface area contributed by atoms with E-state index in [0.717, 1.165) is 16.3 Å². The van der Waals surface area contributed by atoms with Crippen LogP contribution in [0, 0.1) is 0 Å². The third-order valence-corrected chi connectivity index (χ3v) is 2.21. The third kappa shape index (κ3) is 2.20. The van der Waals surface area contributed by atoms with Crippen LogP contribution in [0.25, 0.3) is 10.8 Å². The first kappa shape index (κ1) is 11.8. The molecule has 0 saturated heterocycles. The summed E-state index contributed by atoms with van der Waals surface area (Å²) in [5.74, 6) is 0.273. The molecule has 0 atom stereocenters. The van der Waals surface area contributed by atoms with Crippen LogP contribution in [0.1, 0.15) is 5.56 Å². The largest absolute Gasteiger partial charge is 2.00 e. The number of phenolic OH excluding ortho intramolecular Hbond substituents is 1. The van der Waals surface area contributed by atoms with Gasteiger partial charge in [0.25, 0.3) is 0 Å². The molecule has 0 fully saturated rings.